The number of carboxylic acid groups (broad SMARTS) is 1. The standard InChI is InChI=1S/C8H14N2O4/c1-2-6(11)9-10-7(12)4-3-5-8(13)14/h2-5H2,1H3,(H,9,11)(H,10,12)(H,13,14). The van der Waals surface area contributed by atoms with Crippen molar-refractivity contribution in [3.05, 3.63) is 0 Å². The van der Waals surface area contributed by atoms with E-state index in [0.29, 0.717) is 0 Å². The highest BCUT2D eigenvalue weighted by Crippen LogP contribution is 1.94. The van der Waals surface area contributed by atoms with Gasteiger partial charge in [-0.2, -0.15) is 0 Å². The minimum Gasteiger partial charge on any atom is -0.481 e. The number of aliphatic carboxylic acids is 1. The van der Waals surface area contributed by atoms with Gasteiger partial charge in [-0.1, -0.05) is 6.92 Å². The van der Waals surface area contributed by atoms with Crippen molar-refractivity contribution in [3.8, 4) is 0 Å². The van der Waals surface area contributed by atoms with Gasteiger partial charge in [0.05, 0.1) is 0 Å². The van der Waals surface area contributed by atoms with Crippen molar-refractivity contribution < 1.29 is 19.5 Å². The first kappa shape index (κ1) is 12.4. The molecule has 6 heteroatoms. The zero-order valence-electron chi connectivity index (χ0n) is 8.00. The Balaban J connectivity index is 3.46. The lowest BCUT2D eigenvalue weighted by atomic mass is 10.2. The molecule has 14 heavy (non-hydrogen) atoms. The van der Waals surface area contributed by atoms with E-state index >= 15 is 0 Å². The molecular formula is C8H14N2O4. The molecule has 6 nitrogen and oxygen atoms in total. The molecule has 0 aromatic rings. The number of hydrazine groups is 1. The number of amides is 2. The van der Waals surface area contributed by atoms with E-state index in [2.05, 4.69) is 10.9 Å². The quantitative estimate of drug-likeness (QED) is 0.538. The maximum atomic E-state index is 10.9. The second-order valence-electron chi connectivity index (χ2n) is 2.70. The van der Waals surface area contributed by atoms with Gasteiger partial charge in [-0.25, -0.2) is 0 Å². The van der Waals surface area contributed by atoms with Crippen LogP contribution in [0, 0.1) is 0 Å². The molecule has 0 radical (unpaired) electrons. The SMILES string of the molecule is CCC(=O)NNC(=O)CCCC(=O)O. The van der Waals surface area contributed by atoms with Crippen LogP contribution in [-0.2, 0) is 14.4 Å². The molecule has 0 aliphatic heterocycles. The average Bonchev–Trinajstić information content (AvgIpc) is 2.13. The second kappa shape index (κ2) is 6.88. The predicted molar refractivity (Wildman–Crippen MR) is 48.1 cm³/mol. The van der Waals surface area contributed by atoms with Crippen LogP contribution in [0.4, 0.5) is 0 Å². The van der Waals surface area contributed by atoms with Gasteiger partial charge in [0.2, 0.25) is 11.8 Å². The van der Waals surface area contributed by atoms with E-state index in [1.54, 1.807) is 6.92 Å². The minimum atomic E-state index is -0.935. The summed E-state index contributed by atoms with van der Waals surface area (Å²) in [6.07, 6.45) is 0.601. The highest BCUT2D eigenvalue weighted by molar-refractivity contribution is 5.81. The molecule has 0 saturated carbocycles. The number of carbonyl (C=O) groups excluding carboxylic acids is 2. The fourth-order valence-corrected chi connectivity index (χ4v) is 0.690. The molecule has 0 aliphatic rings. The Morgan fingerprint density at radius 3 is 2.14 bits per heavy atom. The first-order valence-electron chi connectivity index (χ1n) is 4.35. The van der Waals surface area contributed by atoms with Crippen LogP contribution in [-0.4, -0.2) is 22.9 Å². The number of hydrogen-bond donors (Lipinski definition) is 3. The van der Waals surface area contributed by atoms with Gasteiger partial charge in [0.25, 0.3) is 0 Å². The largest absolute Gasteiger partial charge is 0.481 e. The Hall–Kier alpha value is -1.59. The lowest BCUT2D eigenvalue weighted by Crippen LogP contribution is -2.41. The fraction of sp³-hybridized carbons (Fsp3) is 0.625. The summed E-state index contributed by atoms with van der Waals surface area (Å²) in [4.78, 5) is 31.7. The Morgan fingerprint density at radius 1 is 1.07 bits per heavy atom. The second-order valence-corrected chi connectivity index (χ2v) is 2.70. The zero-order chi connectivity index (χ0) is 11.0. The van der Waals surface area contributed by atoms with Crippen LogP contribution in [0.2, 0.25) is 0 Å². The summed E-state index contributed by atoms with van der Waals surface area (Å²) < 4.78 is 0. The van der Waals surface area contributed by atoms with Crippen LogP contribution >= 0.6 is 0 Å². The summed E-state index contributed by atoms with van der Waals surface area (Å²) in [5.74, 6) is -1.60. The van der Waals surface area contributed by atoms with Crippen molar-refractivity contribution in [1.29, 1.82) is 0 Å². The van der Waals surface area contributed by atoms with E-state index in [0.717, 1.165) is 0 Å². The molecule has 2 amide bonds. The van der Waals surface area contributed by atoms with Gasteiger partial charge in [-0.3, -0.25) is 25.2 Å². The number of carboxylic acids is 1. The third-order valence-corrected chi connectivity index (χ3v) is 1.46. The van der Waals surface area contributed by atoms with Crippen molar-refractivity contribution >= 4 is 17.8 Å². The molecule has 0 atom stereocenters. The lowest BCUT2D eigenvalue weighted by molar-refractivity contribution is -0.137. The third kappa shape index (κ3) is 7.08. The highest BCUT2D eigenvalue weighted by Gasteiger charge is 2.04. The Bertz CT molecular complexity index is 227. The van der Waals surface area contributed by atoms with Gasteiger partial charge in [-0.15, -0.1) is 0 Å². The Morgan fingerprint density at radius 2 is 1.64 bits per heavy atom. The van der Waals surface area contributed by atoms with Gasteiger partial charge in [0.1, 0.15) is 0 Å². The molecule has 0 fully saturated rings. The maximum Gasteiger partial charge on any atom is 0.303 e. The van der Waals surface area contributed by atoms with Crippen LogP contribution in [0.3, 0.4) is 0 Å². The third-order valence-electron chi connectivity index (χ3n) is 1.46. The van der Waals surface area contributed by atoms with Gasteiger partial charge < -0.3 is 5.11 Å². The van der Waals surface area contributed by atoms with E-state index in [9.17, 15) is 14.4 Å². The average molecular weight is 202 g/mol. The van der Waals surface area contributed by atoms with Crippen LogP contribution in [0.15, 0.2) is 0 Å². The lowest BCUT2D eigenvalue weighted by Gasteiger charge is -2.04. The van der Waals surface area contributed by atoms with Gasteiger partial charge >= 0.3 is 5.97 Å². The minimum absolute atomic E-state index is 0.0465. The summed E-state index contributed by atoms with van der Waals surface area (Å²) >= 11 is 0. The zero-order valence-corrected chi connectivity index (χ0v) is 8.00. The van der Waals surface area contributed by atoms with Crippen LogP contribution in [0.5, 0.6) is 0 Å². The molecule has 0 aliphatic carbocycles. The number of rotatable bonds is 5. The van der Waals surface area contributed by atoms with E-state index in [-0.39, 0.29) is 37.5 Å². The molecule has 0 heterocycles. The first-order valence-corrected chi connectivity index (χ1v) is 4.35. The molecule has 0 saturated heterocycles. The summed E-state index contributed by atoms with van der Waals surface area (Å²) in [7, 11) is 0. The summed E-state index contributed by atoms with van der Waals surface area (Å²) in [6, 6.07) is 0. The number of carbonyl (C=O) groups is 3. The summed E-state index contributed by atoms with van der Waals surface area (Å²) in [5.41, 5.74) is 4.36. The van der Waals surface area contributed by atoms with Crippen molar-refractivity contribution in [1.82, 2.24) is 10.9 Å². The van der Waals surface area contributed by atoms with Crippen LogP contribution in [0.1, 0.15) is 32.6 Å². The molecule has 0 aromatic heterocycles. The van der Waals surface area contributed by atoms with E-state index in [1.807, 2.05) is 0 Å². The first-order chi connectivity index (χ1) is 6.56. The highest BCUT2D eigenvalue weighted by atomic mass is 16.4. The Labute approximate surface area is 81.6 Å². The topological polar surface area (TPSA) is 95.5 Å². The Kier molecular flexibility index (Phi) is 6.09. The monoisotopic (exact) mass is 202 g/mol. The molecule has 0 rings (SSSR count). The molecule has 80 valence electrons. The van der Waals surface area contributed by atoms with Crippen molar-refractivity contribution in [3.63, 3.8) is 0 Å². The molecule has 0 unspecified atom stereocenters. The van der Waals surface area contributed by atoms with E-state index in [1.165, 1.54) is 0 Å². The smallest absolute Gasteiger partial charge is 0.303 e. The summed E-state index contributed by atoms with van der Waals surface area (Å²) in [5, 5.41) is 8.28. The molecule has 0 aromatic carbocycles. The molecule has 0 bridgehead atoms. The van der Waals surface area contributed by atoms with Crippen LogP contribution < -0.4 is 10.9 Å². The number of nitrogens with one attached hydrogen (secondary N) is 2. The fourth-order valence-electron chi connectivity index (χ4n) is 0.690. The van der Waals surface area contributed by atoms with Crippen molar-refractivity contribution in [2.24, 2.45) is 0 Å². The van der Waals surface area contributed by atoms with Crippen molar-refractivity contribution in [2.45, 2.75) is 32.6 Å². The van der Waals surface area contributed by atoms with Gasteiger partial charge in [-0.05, 0) is 6.42 Å². The summed E-state index contributed by atoms with van der Waals surface area (Å²) in [6.45, 7) is 1.66. The molecule has 3 N–H and O–H groups in total. The number of hydrogen-bond acceptors (Lipinski definition) is 3. The van der Waals surface area contributed by atoms with Crippen LogP contribution in [0.25, 0.3) is 0 Å². The molecular weight excluding hydrogens is 188 g/mol. The van der Waals surface area contributed by atoms with Gasteiger partial charge in [0, 0.05) is 19.3 Å². The molecule has 0 spiro atoms. The maximum absolute atomic E-state index is 10.9. The normalized spacial score (nSPS) is 9.21. The van der Waals surface area contributed by atoms with E-state index in [4.69, 9.17) is 5.11 Å². The van der Waals surface area contributed by atoms with Gasteiger partial charge in [0.15, 0.2) is 0 Å². The predicted octanol–water partition coefficient (Wildman–Crippen LogP) is -0.201. The van der Waals surface area contributed by atoms with Crippen molar-refractivity contribution in [2.75, 3.05) is 0 Å². The van der Waals surface area contributed by atoms with E-state index < -0.39 is 5.97 Å².